The first-order chi connectivity index (χ1) is 7.93. The van der Waals surface area contributed by atoms with Gasteiger partial charge in [-0.15, -0.1) is 6.42 Å². The lowest BCUT2D eigenvalue weighted by Gasteiger charge is -2.11. The van der Waals surface area contributed by atoms with Gasteiger partial charge in [-0.2, -0.15) is 23.7 Å². The molecule has 5 heteroatoms. The molecule has 0 unspecified atom stereocenters. The number of rotatable bonds is 1. The molecule has 0 spiro atoms. The molecule has 0 saturated heterocycles. The van der Waals surface area contributed by atoms with Crippen LogP contribution in [0.25, 0.3) is 0 Å². The molecule has 0 fully saturated rings. The predicted molar refractivity (Wildman–Crippen MR) is 53.4 cm³/mol. The molecule has 0 saturated carbocycles. The molecule has 0 aromatic heterocycles. The van der Waals surface area contributed by atoms with Crippen LogP contribution >= 0.6 is 0 Å². The van der Waals surface area contributed by atoms with Gasteiger partial charge >= 0.3 is 6.18 Å². The Morgan fingerprint density at radius 2 is 1.88 bits per heavy atom. The molecule has 1 aromatic carbocycles. The first-order valence-electron chi connectivity index (χ1n) is 4.41. The van der Waals surface area contributed by atoms with Gasteiger partial charge < -0.3 is 0 Å². The van der Waals surface area contributed by atoms with Crippen molar-refractivity contribution in [2.24, 2.45) is 0 Å². The van der Waals surface area contributed by atoms with Crippen LogP contribution in [-0.2, 0) is 12.6 Å². The second kappa shape index (κ2) is 4.60. The van der Waals surface area contributed by atoms with Gasteiger partial charge in [0.1, 0.15) is 6.07 Å². The largest absolute Gasteiger partial charge is 0.417 e. The van der Waals surface area contributed by atoms with Gasteiger partial charge in [0, 0.05) is 0 Å². The second-order valence-corrected chi connectivity index (χ2v) is 3.15. The SMILES string of the molecule is C#Cc1c(C#N)cc(CC#N)cc1C(F)(F)F. The lowest BCUT2D eigenvalue weighted by Crippen LogP contribution is -2.10. The fourth-order valence-electron chi connectivity index (χ4n) is 1.36. The van der Waals surface area contributed by atoms with Gasteiger partial charge in [0.25, 0.3) is 0 Å². The van der Waals surface area contributed by atoms with Crippen LogP contribution < -0.4 is 0 Å². The van der Waals surface area contributed by atoms with E-state index < -0.39 is 17.3 Å². The van der Waals surface area contributed by atoms with Crippen molar-refractivity contribution in [3.8, 4) is 24.5 Å². The van der Waals surface area contributed by atoms with E-state index in [2.05, 4.69) is 0 Å². The van der Waals surface area contributed by atoms with E-state index in [0.717, 1.165) is 6.07 Å². The molecule has 84 valence electrons. The quantitative estimate of drug-likeness (QED) is 0.701. The Morgan fingerprint density at radius 1 is 1.24 bits per heavy atom. The Bertz CT molecular complexity index is 566. The average molecular weight is 234 g/mol. The monoisotopic (exact) mass is 234 g/mol. The van der Waals surface area contributed by atoms with Crippen LogP contribution in [0.15, 0.2) is 12.1 Å². The molecule has 0 aliphatic heterocycles. The van der Waals surface area contributed by atoms with Gasteiger partial charge in [-0.1, -0.05) is 5.92 Å². The maximum Gasteiger partial charge on any atom is 0.417 e. The fourth-order valence-corrected chi connectivity index (χ4v) is 1.36. The molecule has 0 amide bonds. The lowest BCUT2D eigenvalue weighted by molar-refractivity contribution is -0.137. The molecular weight excluding hydrogens is 229 g/mol. The van der Waals surface area contributed by atoms with E-state index in [-0.39, 0.29) is 17.5 Å². The van der Waals surface area contributed by atoms with E-state index in [1.165, 1.54) is 6.07 Å². The number of alkyl halides is 3. The molecule has 0 aliphatic carbocycles. The van der Waals surface area contributed by atoms with Crippen LogP contribution in [0.4, 0.5) is 13.2 Å². The van der Waals surface area contributed by atoms with Crippen LogP contribution in [0.1, 0.15) is 22.3 Å². The number of hydrogen-bond acceptors (Lipinski definition) is 2. The third kappa shape index (κ3) is 2.56. The molecule has 0 N–H and O–H groups in total. The van der Waals surface area contributed by atoms with E-state index in [1.54, 1.807) is 12.1 Å². The molecule has 0 radical (unpaired) electrons. The van der Waals surface area contributed by atoms with Crippen molar-refractivity contribution in [2.45, 2.75) is 12.6 Å². The van der Waals surface area contributed by atoms with E-state index in [9.17, 15) is 13.2 Å². The van der Waals surface area contributed by atoms with Crippen molar-refractivity contribution in [2.75, 3.05) is 0 Å². The van der Waals surface area contributed by atoms with Crippen molar-refractivity contribution < 1.29 is 13.2 Å². The third-order valence-corrected chi connectivity index (χ3v) is 2.05. The smallest absolute Gasteiger partial charge is 0.198 e. The summed E-state index contributed by atoms with van der Waals surface area (Å²) in [5.41, 5.74) is -1.66. The Kier molecular flexibility index (Phi) is 3.41. The number of nitriles is 2. The first kappa shape index (κ1) is 12.6. The summed E-state index contributed by atoms with van der Waals surface area (Å²) in [6.45, 7) is 0. The standard InChI is InChI=1S/C12H5F3N2/c1-2-10-9(7-17)5-8(3-4-16)6-11(10)12(13,14)15/h1,5-6H,3H2. The van der Waals surface area contributed by atoms with Crippen LogP contribution in [0.2, 0.25) is 0 Å². The molecule has 0 bridgehead atoms. The van der Waals surface area contributed by atoms with Crippen LogP contribution in [0.3, 0.4) is 0 Å². The van der Waals surface area contributed by atoms with Gasteiger partial charge in [-0.25, -0.2) is 0 Å². The van der Waals surface area contributed by atoms with E-state index in [1.807, 2.05) is 5.92 Å². The highest BCUT2D eigenvalue weighted by Gasteiger charge is 2.34. The van der Waals surface area contributed by atoms with Crippen molar-refractivity contribution in [3.05, 3.63) is 34.4 Å². The van der Waals surface area contributed by atoms with Crippen LogP contribution in [0, 0.1) is 35.0 Å². The van der Waals surface area contributed by atoms with E-state index in [0.29, 0.717) is 0 Å². The zero-order chi connectivity index (χ0) is 13.1. The molecule has 1 rings (SSSR count). The molecule has 1 aromatic rings. The lowest BCUT2D eigenvalue weighted by atomic mass is 9.97. The Labute approximate surface area is 95.9 Å². The highest BCUT2D eigenvalue weighted by molar-refractivity contribution is 5.55. The fraction of sp³-hybridized carbons (Fsp3) is 0.167. The van der Waals surface area contributed by atoms with E-state index >= 15 is 0 Å². The van der Waals surface area contributed by atoms with Gasteiger partial charge in [-0.3, -0.25) is 0 Å². The Hall–Kier alpha value is -2.45. The third-order valence-electron chi connectivity index (χ3n) is 2.05. The maximum atomic E-state index is 12.7. The summed E-state index contributed by atoms with van der Waals surface area (Å²) >= 11 is 0. The van der Waals surface area contributed by atoms with E-state index in [4.69, 9.17) is 16.9 Å². The molecule has 0 atom stereocenters. The summed E-state index contributed by atoms with van der Waals surface area (Å²) in [4.78, 5) is 0. The maximum absolute atomic E-state index is 12.7. The van der Waals surface area contributed by atoms with Crippen molar-refractivity contribution in [1.29, 1.82) is 10.5 Å². The van der Waals surface area contributed by atoms with Gasteiger partial charge in [-0.05, 0) is 17.7 Å². The molecule has 17 heavy (non-hydrogen) atoms. The summed E-state index contributed by atoms with van der Waals surface area (Å²) in [6.07, 6.45) is 0.136. The Morgan fingerprint density at radius 3 is 2.29 bits per heavy atom. The minimum absolute atomic E-state index is 0.121. The van der Waals surface area contributed by atoms with Crippen molar-refractivity contribution >= 4 is 0 Å². The molecule has 0 aliphatic rings. The predicted octanol–water partition coefficient (Wildman–Crippen LogP) is 2.62. The number of terminal acetylenes is 1. The van der Waals surface area contributed by atoms with Crippen molar-refractivity contribution in [1.82, 2.24) is 0 Å². The normalized spacial score (nSPS) is 10.1. The van der Waals surface area contributed by atoms with Crippen molar-refractivity contribution in [3.63, 3.8) is 0 Å². The topological polar surface area (TPSA) is 47.6 Å². The average Bonchev–Trinajstić information content (AvgIpc) is 2.27. The Balaban J connectivity index is 3.58. The first-order valence-corrected chi connectivity index (χ1v) is 4.41. The zero-order valence-electron chi connectivity index (χ0n) is 8.47. The molecular formula is C12H5F3N2. The summed E-state index contributed by atoms with van der Waals surface area (Å²) in [7, 11) is 0. The highest BCUT2D eigenvalue weighted by atomic mass is 19.4. The van der Waals surface area contributed by atoms with Gasteiger partial charge in [0.05, 0.1) is 29.2 Å². The number of halogens is 3. The second-order valence-electron chi connectivity index (χ2n) is 3.15. The van der Waals surface area contributed by atoms with Crippen LogP contribution in [-0.4, -0.2) is 0 Å². The number of nitrogens with zero attached hydrogens (tertiary/aromatic N) is 2. The van der Waals surface area contributed by atoms with Crippen LogP contribution in [0.5, 0.6) is 0 Å². The minimum Gasteiger partial charge on any atom is -0.198 e. The summed E-state index contributed by atoms with van der Waals surface area (Å²) in [6, 6.07) is 5.34. The molecule has 2 nitrogen and oxygen atoms in total. The van der Waals surface area contributed by atoms with Gasteiger partial charge in [0.15, 0.2) is 0 Å². The number of hydrogen-bond donors (Lipinski definition) is 0. The minimum atomic E-state index is -4.64. The molecule has 0 heterocycles. The summed E-state index contributed by atoms with van der Waals surface area (Å²) < 4.78 is 38.1. The summed E-state index contributed by atoms with van der Waals surface area (Å²) in [5.74, 6) is 1.87. The number of benzene rings is 1. The summed E-state index contributed by atoms with van der Waals surface area (Å²) in [5, 5.41) is 17.2. The zero-order valence-corrected chi connectivity index (χ0v) is 8.47. The highest BCUT2D eigenvalue weighted by Crippen LogP contribution is 2.34. The van der Waals surface area contributed by atoms with Gasteiger partial charge in [0.2, 0.25) is 0 Å².